The summed E-state index contributed by atoms with van der Waals surface area (Å²) in [6.07, 6.45) is 3.25. The van der Waals surface area contributed by atoms with Crippen molar-refractivity contribution in [3.63, 3.8) is 0 Å². The Balaban J connectivity index is 2.01. The van der Waals surface area contributed by atoms with E-state index in [1.807, 2.05) is 0 Å². The highest BCUT2D eigenvalue weighted by Crippen LogP contribution is 2.25. The normalized spacial score (nSPS) is 19.9. The number of anilines is 1. The van der Waals surface area contributed by atoms with E-state index in [1.165, 1.54) is 11.3 Å². The maximum absolute atomic E-state index is 10.3. The van der Waals surface area contributed by atoms with Gasteiger partial charge in [0.2, 0.25) is 6.41 Å². The highest BCUT2D eigenvalue weighted by atomic mass is 32.1. The minimum atomic E-state index is 0.205. The third kappa shape index (κ3) is 2.07. The molecule has 0 aliphatic carbocycles. The van der Waals surface area contributed by atoms with Gasteiger partial charge in [0.25, 0.3) is 0 Å². The standard InChI is InChI=1S/C9H10N4OS/c10-3-8-4-11-9(15-8)13-2-1-7(5-13)12-6-14/h4,6-7H,1-2,5H2,(H,12,14). The van der Waals surface area contributed by atoms with Crippen LogP contribution in [-0.4, -0.2) is 30.5 Å². The first-order chi connectivity index (χ1) is 7.33. The second-order valence-corrected chi connectivity index (χ2v) is 4.34. The van der Waals surface area contributed by atoms with Gasteiger partial charge in [-0.15, -0.1) is 0 Å². The number of carbonyl (C=O) groups excluding carboxylic acids is 1. The van der Waals surface area contributed by atoms with Crippen LogP contribution in [0.2, 0.25) is 0 Å². The summed E-state index contributed by atoms with van der Waals surface area (Å²) >= 11 is 1.39. The van der Waals surface area contributed by atoms with Crippen LogP contribution in [-0.2, 0) is 4.79 Å². The van der Waals surface area contributed by atoms with Gasteiger partial charge in [-0.2, -0.15) is 5.26 Å². The molecule has 1 N–H and O–H groups in total. The largest absolute Gasteiger partial charge is 0.354 e. The van der Waals surface area contributed by atoms with Crippen molar-refractivity contribution >= 4 is 22.9 Å². The molecule has 1 amide bonds. The molecule has 0 spiro atoms. The topological polar surface area (TPSA) is 69.0 Å². The Morgan fingerprint density at radius 3 is 3.33 bits per heavy atom. The molecular formula is C9H10N4OS. The fraction of sp³-hybridized carbons (Fsp3) is 0.444. The lowest BCUT2D eigenvalue weighted by atomic mass is 10.3. The van der Waals surface area contributed by atoms with Crippen LogP contribution in [0.25, 0.3) is 0 Å². The van der Waals surface area contributed by atoms with E-state index < -0.39 is 0 Å². The van der Waals surface area contributed by atoms with Gasteiger partial charge in [0.15, 0.2) is 5.13 Å². The van der Waals surface area contributed by atoms with E-state index >= 15 is 0 Å². The molecule has 2 heterocycles. The van der Waals surface area contributed by atoms with Crippen molar-refractivity contribution in [2.45, 2.75) is 12.5 Å². The van der Waals surface area contributed by atoms with Crippen LogP contribution >= 0.6 is 11.3 Å². The SMILES string of the molecule is N#Cc1cnc(N2CCC(NC=O)C2)s1. The first-order valence-corrected chi connectivity index (χ1v) is 5.45. The number of hydrogen-bond acceptors (Lipinski definition) is 5. The molecule has 1 aromatic rings. The van der Waals surface area contributed by atoms with Crippen molar-refractivity contribution < 1.29 is 4.79 Å². The Morgan fingerprint density at radius 2 is 2.67 bits per heavy atom. The summed E-state index contributed by atoms with van der Waals surface area (Å²) in [6, 6.07) is 2.27. The molecule has 2 rings (SSSR count). The minimum Gasteiger partial charge on any atom is -0.354 e. The summed E-state index contributed by atoms with van der Waals surface area (Å²) in [7, 11) is 0. The number of nitrogens with zero attached hydrogens (tertiary/aromatic N) is 3. The van der Waals surface area contributed by atoms with E-state index in [9.17, 15) is 4.79 Å². The van der Waals surface area contributed by atoms with E-state index in [0.29, 0.717) is 4.88 Å². The number of rotatable bonds is 3. The van der Waals surface area contributed by atoms with Gasteiger partial charge in [-0.05, 0) is 6.42 Å². The number of thiazole rings is 1. The fourth-order valence-corrected chi connectivity index (χ4v) is 2.38. The lowest BCUT2D eigenvalue weighted by Gasteiger charge is -2.13. The predicted octanol–water partition coefficient (Wildman–Crippen LogP) is 0.339. The smallest absolute Gasteiger partial charge is 0.207 e. The molecule has 0 saturated carbocycles. The molecule has 1 fully saturated rings. The Kier molecular flexibility index (Phi) is 2.83. The zero-order chi connectivity index (χ0) is 10.7. The van der Waals surface area contributed by atoms with Crippen LogP contribution in [0.1, 0.15) is 11.3 Å². The van der Waals surface area contributed by atoms with Crippen molar-refractivity contribution in [2.75, 3.05) is 18.0 Å². The average Bonchev–Trinajstić information content (AvgIpc) is 2.85. The summed E-state index contributed by atoms with van der Waals surface area (Å²) in [6.45, 7) is 1.65. The van der Waals surface area contributed by atoms with Crippen LogP contribution < -0.4 is 10.2 Å². The quantitative estimate of drug-likeness (QED) is 0.749. The molecule has 0 radical (unpaired) electrons. The average molecular weight is 222 g/mol. The third-order valence-corrected chi connectivity index (χ3v) is 3.33. The van der Waals surface area contributed by atoms with Crippen LogP contribution in [0.5, 0.6) is 0 Å². The van der Waals surface area contributed by atoms with Crippen LogP contribution in [0, 0.1) is 11.3 Å². The first-order valence-electron chi connectivity index (χ1n) is 4.64. The van der Waals surface area contributed by atoms with Gasteiger partial charge >= 0.3 is 0 Å². The maximum atomic E-state index is 10.3. The van der Waals surface area contributed by atoms with Gasteiger partial charge in [0.05, 0.1) is 6.20 Å². The number of nitrogens with one attached hydrogen (secondary N) is 1. The lowest BCUT2D eigenvalue weighted by Crippen LogP contribution is -2.31. The first kappa shape index (κ1) is 9.93. The maximum Gasteiger partial charge on any atom is 0.207 e. The van der Waals surface area contributed by atoms with Crippen LogP contribution in [0.15, 0.2) is 6.20 Å². The van der Waals surface area contributed by atoms with Gasteiger partial charge in [-0.3, -0.25) is 4.79 Å². The van der Waals surface area contributed by atoms with Gasteiger partial charge in [-0.1, -0.05) is 11.3 Å². The molecule has 0 aromatic carbocycles. The van der Waals surface area contributed by atoms with Gasteiger partial charge < -0.3 is 10.2 Å². The van der Waals surface area contributed by atoms with Crippen molar-refractivity contribution in [3.8, 4) is 6.07 Å². The molecular weight excluding hydrogens is 212 g/mol. The summed E-state index contributed by atoms with van der Waals surface area (Å²) in [5.74, 6) is 0. The molecule has 1 aliphatic heterocycles. The molecule has 1 aromatic heterocycles. The zero-order valence-corrected chi connectivity index (χ0v) is 8.83. The van der Waals surface area contributed by atoms with Crippen molar-refractivity contribution in [2.24, 2.45) is 0 Å². The molecule has 0 bridgehead atoms. The Hall–Kier alpha value is -1.61. The second-order valence-electron chi connectivity index (χ2n) is 3.34. The second kappa shape index (κ2) is 4.28. The molecule has 1 atom stereocenters. The number of nitriles is 1. The molecule has 78 valence electrons. The minimum absolute atomic E-state index is 0.205. The van der Waals surface area contributed by atoms with Crippen molar-refractivity contribution in [3.05, 3.63) is 11.1 Å². The predicted molar refractivity (Wildman–Crippen MR) is 56.6 cm³/mol. The fourth-order valence-electron chi connectivity index (χ4n) is 1.63. The molecule has 1 saturated heterocycles. The van der Waals surface area contributed by atoms with E-state index in [4.69, 9.17) is 5.26 Å². The number of aromatic nitrogens is 1. The summed E-state index contributed by atoms with van der Waals surface area (Å²) < 4.78 is 0. The molecule has 5 nitrogen and oxygen atoms in total. The molecule has 6 heteroatoms. The van der Waals surface area contributed by atoms with E-state index in [2.05, 4.69) is 21.3 Å². The highest BCUT2D eigenvalue weighted by Gasteiger charge is 2.23. The Bertz CT molecular complexity index is 397. The molecule has 15 heavy (non-hydrogen) atoms. The Labute approximate surface area is 91.3 Å². The van der Waals surface area contributed by atoms with E-state index in [1.54, 1.807) is 6.20 Å². The Morgan fingerprint density at radius 1 is 1.80 bits per heavy atom. The van der Waals surface area contributed by atoms with Crippen molar-refractivity contribution in [1.29, 1.82) is 5.26 Å². The van der Waals surface area contributed by atoms with Gasteiger partial charge in [0, 0.05) is 19.1 Å². The zero-order valence-electron chi connectivity index (χ0n) is 8.01. The lowest BCUT2D eigenvalue weighted by molar-refractivity contribution is -0.110. The van der Waals surface area contributed by atoms with Gasteiger partial charge in [0.1, 0.15) is 10.9 Å². The summed E-state index contributed by atoms with van der Waals surface area (Å²) in [4.78, 5) is 17.2. The monoisotopic (exact) mass is 222 g/mol. The molecule has 1 unspecified atom stereocenters. The number of carbonyl (C=O) groups is 1. The van der Waals surface area contributed by atoms with Gasteiger partial charge in [-0.25, -0.2) is 4.98 Å². The van der Waals surface area contributed by atoms with Crippen LogP contribution in [0.4, 0.5) is 5.13 Å². The summed E-state index contributed by atoms with van der Waals surface area (Å²) in [5.41, 5.74) is 0. The number of hydrogen-bond donors (Lipinski definition) is 1. The highest BCUT2D eigenvalue weighted by molar-refractivity contribution is 7.16. The van der Waals surface area contributed by atoms with E-state index in [-0.39, 0.29) is 6.04 Å². The molecule has 1 aliphatic rings. The van der Waals surface area contributed by atoms with E-state index in [0.717, 1.165) is 31.1 Å². The van der Waals surface area contributed by atoms with Crippen LogP contribution in [0.3, 0.4) is 0 Å². The van der Waals surface area contributed by atoms with Crippen molar-refractivity contribution in [1.82, 2.24) is 10.3 Å². The summed E-state index contributed by atoms with van der Waals surface area (Å²) in [5, 5.41) is 12.3. The third-order valence-electron chi connectivity index (χ3n) is 2.37. The number of amides is 1.